The average Bonchev–Trinajstić information content (AvgIpc) is 2.13. The molecule has 16 heavy (non-hydrogen) atoms. The highest BCUT2D eigenvalue weighted by atomic mass is 79.9. The Kier molecular flexibility index (Phi) is 4.07. The number of rotatable bonds is 3. The van der Waals surface area contributed by atoms with Gasteiger partial charge in [-0.1, -0.05) is 0 Å². The van der Waals surface area contributed by atoms with Crippen LogP contribution in [-0.4, -0.2) is 19.3 Å². The lowest BCUT2D eigenvalue weighted by molar-refractivity contribution is -0.119. The molecule has 2 N–H and O–H groups in total. The molecule has 2 nitrogen and oxygen atoms in total. The maximum atomic E-state index is 12.3. The number of nitrogens with zero attached hydrogens (tertiary/aromatic N) is 1. The van der Waals surface area contributed by atoms with Crippen LogP contribution in [0, 0.1) is 0 Å². The largest absolute Gasteiger partial charge is 0.405 e. The maximum Gasteiger partial charge on any atom is 0.405 e. The monoisotopic (exact) mass is 296 g/mol. The number of hydrogen-bond acceptors (Lipinski definition) is 2. The van der Waals surface area contributed by atoms with E-state index in [2.05, 4.69) is 15.9 Å². The van der Waals surface area contributed by atoms with E-state index in [0.29, 0.717) is 15.8 Å². The fourth-order valence-electron chi connectivity index (χ4n) is 1.36. The Morgan fingerprint density at radius 3 is 2.44 bits per heavy atom. The summed E-state index contributed by atoms with van der Waals surface area (Å²) in [5, 5.41) is 0. The lowest BCUT2D eigenvalue weighted by Crippen LogP contribution is -2.34. The van der Waals surface area contributed by atoms with E-state index in [1.54, 1.807) is 25.1 Å². The first-order valence-electron chi connectivity index (χ1n) is 4.70. The van der Waals surface area contributed by atoms with Crippen molar-refractivity contribution in [2.45, 2.75) is 13.1 Å². The molecule has 0 saturated carbocycles. The summed E-state index contributed by atoms with van der Waals surface area (Å²) < 4.78 is 37.5. The molecule has 0 aliphatic heterocycles. The quantitative estimate of drug-likeness (QED) is 0.866. The highest BCUT2D eigenvalue weighted by Gasteiger charge is 2.30. The number of hydrogen-bond donors (Lipinski definition) is 1. The normalized spacial score (nSPS) is 11.6. The van der Waals surface area contributed by atoms with Gasteiger partial charge in [-0.2, -0.15) is 13.2 Å². The molecule has 0 aliphatic rings. The minimum Gasteiger partial charge on any atom is -0.399 e. The molecular formula is C10H12BrF3N2. The molecule has 0 aromatic heterocycles. The van der Waals surface area contributed by atoms with Crippen molar-refractivity contribution in [2.24, 2.45) is 0 Å². The van der Waals surface area contributed by atoms with E-state index >= 15 is 0 Å². The summed E-state index contributed by atoms with van der Waals surface area (Å²) in [7, 11) is 0. The molecule has 1 aromatic rings. The first-order valence-corrected chi connectivity index (χ1v) is 5.49. The summed E-state index contributed by atoms with van der Waals surface area (Å²) in [6.07, 6.45) is -4.21. The van der Waals surface area contributed by atoms with Gasteiger partial charge in [0.25, 0.3) is 0 Å². The Labute approximate surface area is 100 Å². The third-order valence-electron chi connectivity index (χ3n) is 2.06. The maximum absolute atomic E-state index is 12.3. The van der Waals surface area contributed by atoms with Crippen LogP contribution in [0.5, 0.6) is 0 Å². The fraction of sp³-hybridized carbons (Fsp3) is 0.400. The summed E-state index contributed by atoms with van der Waals surface area (Å²) in [6.45, 7) is 0.989. The van der Waals surface area contributed by atoms with Gasteiger partial charge in [-0.25, -0.2) is 0 Å². The summed E-state index contributed by atoms with van der Waals surface area (Å²) in [5.41, 5.74) is 6.53. The van der Waals surface area contributed by atoms with Crippen LogP contribution in [0.3, 0.4) is 0 Å². The predicted octanol–water partition coefficient (Wildman–Crippen LogP) is 3.42. The van der Waals surface area contributed by atoms with E-state index < -0.39 is 12.7 Å². The number of halogens is 4. The minimum atomic E-state index is -4.21. The molecule has 1 aromatic carbocycles. The van der Waals surface area contributed by atoms with Crippen LogP contribution in [0.4, 0.5) is 24.5 Å². The van der Waals surface area contributed by atoms with Crippen molar-refractivity contribution in [3.8, 4) is 0 Å². The molecule has 0 saturated heterocycles. The summed E-state index contributed by atoms with van der Waals surface area (Å²) in [4.78, 5) is 1.24. The van der Waals surface area contributed by atoms with Gasteiger partial charge >= 0.3 is 6.18 Å². The second-order valence-electron chi connectivity index (χ2n) is 3.34. The van der Waals surface area contributed by atoms with Crippen molar-refractivity contribution in [2.75, 3.05) is 23.7 Å². The summed E-state index contributed by atoms with van der Waals surface area (Å²) >= 11 is 3.21. The van der Waals surface area contributed by atoms with Crippen molar-refractivity contribution in [3.05, 3.63) is 22.7 Å². The van der Waals surface area contributed by atoms with Crippen molar-refractivity contribution in [1.29, 1.82) is 0 Å². The van der Waals surface area contributed by atoms with E-state index in [1.165, 1.54) is 4.90 Å². The Morgan fingerprint density at radius 1 is 1.38 bits per heavy atom. The smallest absolute Gasteiger partial charge is 0.399 e. The van der Waals surface area contributed by atoms with Gasteiger partial charge in [0.15, 0.2) is 0 Å². The highest BCUT2D eigenvalue weighted by Crippen LogP contribution is 2.30. The number of nitrogens with two attached hydrogens (primary N) is 1. The van der Waals surface area contributed by atoms with E-state index in [0.717, 1.165) is 0 Å². The highest BCUT2D eigenvalue weighted by molar-refractivity contribution is 9.10. The number of benzene rings is 1. The Hall–Kier alpha value is -0.910. The van der Waals surface area contributed by atoms with Gasteiger partial charge in [0.2, 0.25) is 0 Å². The third-order valence-corrected chi connectivity index (χ3v) is 2.70. The van der Waals surface area contributed by atoms with Crippen LogP contribution in [0.15, 0.2) is 22.7 Å². The van der Waals surface area contributed by atoms with Crippen LogP contribution in [0.2, 0.25) is 0 Å². The van der Waals surface area contributed by atoms with E-state index in [-0.39, 0.29) is 6.54 Å². The van der Waals surface area contributed by atoms with Gasteiger partial charge in [-0.15, -0.1) is 0 Å². The Morgan fingerprint density at radius 2 is 2.00 bits per heavy atom. The lowest BCUT2D eigenvalue weighted by Gasteiger charge is -2.25. The van der Waals surface area contributed by atoms with Crippen LogP contribution in [-0.2, 0) is 0 Å². The van der Waals surface area contributed by atoms with Crippen molar-refractivity contribution >= 4 is 27.3 Å². The molecule has 0 amide bonds. The molecule has 1 rings (SSSR count). The average molecular weight is 297 g/mol. The Balaban J connectivity index is 2.95. The van der Waals surface area contributed by atoms with Crippen LogP contribution in [0.25, 0.3) is 0 Å². The standard InChI is InChI=1S/C10H12BrF3N2/c1-2-16(6-10(12,13)14)9-4-3-7(15)5-8(9)11/h3-5H,2,6,15H2,1H3. The van der Waals surface area contributed by atoms with E-state index in [9.17, 15) is 13.2 Å². The summed E-state index contributed by atoms with van der Waals surface area (Å²) in [5.74, 6) is 0. The van der Waals surface area contributed by atoms with Gasteiger partial charge in [0.05, 0.1) is 5.69 Å². The molecule has 6 heteroatoms. The van der Waals surface area contributed by atoms with Crippen LogP contribution < -0.4 is 10.6 Å². The Bertz CT molecular complexity index is 366. The topological polar surface area (TPSA) is 29.3 Å². The number of anilines is 2. The van der Waals surface area contributed by atoms with E-state index in [4.69, 9.17) is 5.73 Å². The number of nitrogen functional groups attached to an aromatic ring is 1. The summed E-state index contributed by atoms with van der Waals surface area (Å²) in [6, 6.07) is 4.75. The molecule has 0 atom stereocenters. The first kappa shape index (κ1) is 13.2. The molecule has 90 valence electrons. The van der Waals surface area contributed by atoms with Crippen molar-refractivity contribution < 1.29 is 13.2 Å². The molecule has 0 heterocycles. The molecule has 0 fully saturated rings. The molecule has 0 radical (unpaired) electrons. The lowest BCUT2D eigenvalue weighted by atomic mass is 10.2. The number of alkyl halides is 3. The van der Waals surface area contributed by atoms with Gasteiger partial charge < -0.3 is 10.6 Å². The van der Waals surface area contributed by atoms with E-state index in [1.807, 2.05) is 0 Å². The second kappa shape index (κ2) is 4.95. The zero-order valence-corrected chi connectivity index (χ0v) is 10.3. The molecule has 0 spiro atoms. The first-order chi connectivity index (χ1) is 7.33. The zero-order chi connectivity index (χ0) is 12.3. The van der Waals surface area contributed by atoms with Crippen molar-refractivity contribution in [3.63, 3.8) is 0 Å². The molecular weight excluding hydrogens is 285 g/mol. The molecule has 0 aliphatic carbocycles. The minimum absolute atomic E-state index is 0.280. The van der Waals surface area contributed by atoms with Crippen LogP contribution in [0.1, 0.15) is 6.92 Å². The molecule has 0 bridgehead atoms. The van der Waals surface area contributed by atoms with Gasteiger partial charge in [-0.3, -0.25) is 0 Å². The zero-order valence-electron chi connectivity index (χ0n) is 8.68. The fourth-order valence-corrected chi connectivity index (χ4v) is 2.01. The van der Waals surface area contributed by atoms with Gasteiger partial charge in [0.1, 0.15) is 6.54 Å². The van der Waals surface area contributed by atoms with Crippen molar-refractivity contribution in [1.82, 2.24) is 0 Å². The third kappa shape index (κ3) is 3.59. The van der Waals surface area contributed by atoms with Crippen LogP contribution >= 0.6 is 15.9 Å². The van der Waals surface area contributed by atoms with Gasteiger partial charge in [-0.05, 0) is 41.1 Å². The van der Waals surface area contributed by atoms with Gasteiger partial charge in [0, 0.05) is 16.7 Å². The molecule has 0 unspecified atom stereocenters. The predicted molar refractivity (Wildman–Crippen MR) is 62.5 cm³/mol. The second-order valence-corrected chi connectivity index (χ2v) is 4.19. The SMILES string of the molecule is CCN(CC(F)(F)F)c1ccc(N)cc1Br.